The van der Waals surface area contributed by atoms with Crippen LogP contribution in [0.5, 0.6) is 11.5 Å². The molecule has 0 aliphatic rings. The lowest BCUT2D eigenvalue weighted by Crippen LogP contribution is -2.31. The van der Waals surface area contributed by atoms with Gasteiger partial charge in [-0.15, -0.1) is 0 Å². The minimum Gasteiger partial charge on any atom is -0.493 e. The number of carbonyl (C=O) groups excluding carboxylic acids is 2. The van der Waals surface area contributed by atoms with Gasteiger partial charge in [0.1, 0.15) is 0 Å². The molecule has 0 spiro atoms. The molecule has 0 saturated carbocycles. The number of carbonyl (C=O) groups is 2. The summed E-state index contributed by atoms with van der Waals surface area (Å²) in [5.41, 5.74) is 1.12. The smallest absolute Gasteiger partial charge is 0.337 e. The van der Waals surface area contributed by atoms with Crippen molar-refractivity contribution >= 4 is 17.6 Å². The highest BCUT2D eigenvalue weighted by Gasteiger charge is 2.15. The first-order valence-corrected chi connectivity index (χ1v) is 7.27. The second-order valence-corrected chi connectivity index (χ2v) is 4.93. The van der Waals surface area contributed by atoms with Gasteiger partial charge in [0, 0.05) is 12.7 Å². The lowest BCUT2D eigenvalue weighted by Gasteiger charge is -2.18. The van der Waals surface area contributed by atoms with E-state index in [9.17, 15) is 9.59 Å². The highest BCUT2D eigenvalue weighted by atomic mass is 16.5. The van der Waals surface area contributed by atoms with Crippen LogP contribution < -0.4 is 14.4 Å². The second-order valence-electron chi connectivity index (χ2n) is 4.93. The Kier molecular flexibility index (Phi) is 5.78. The van der Waals surface area contributed by atoms with Crippen molar-refractivity contribution in [2.75, 3.05) is 32.8 Å². The van der Waals surface area contributed by atoms with Crippen LogP contribution in [-0.4, -0.2) is 39.8 Å². The SMILES string of the molecule is COC(=O)c1ccc(OCC(=O)N(C)c2ccccc2)c(OC)c1. The van der Waals surface area contributed by atoms with Crippen LogP contribution in [0.3, 0.4) is 0 Å². The molecule has 0 unspecified atom stereocenters. The van der Waals surface area contributed by atoms with Crippen LogP contribution in [0, 0.1) is 0 Å². The number of methoxy groups -OCH3 is 2. The number of benzene rings is 2. The minimum absolute atomic E-state index is 0.153. The first kappa shape index (κ1) is 17.3. The number of ether oxygens (including phenoxy) is 3. The van der Waals surface area contributed by atoms with Gasteiger partial charge in [0.05, 0.1) is 19.8 Å². The van der Waals surface area contributed by atoms with Crippen molar-refractivity contribution in [3.63, 3.8) is 0 Å². The summed E-state index contributed by atoms with van der Waals surface area (Å²) < 4.78 is 15.4. The Morgan fingerprint density at radius 2 is 1.71 bits per heavy atom. The molecule has 0 heterocycles. The summed E-state index contributed by atoms with van der Waals surface area (Å²) in [6, 6.07) is 13.9. The summed E-state index contributed by atoms with van der Waals surface area (Å²) in [6.07, 6.45) is 0. The van der Waals surface area contributed by atoms with Crippen molar-refractivity contribution in [2.45, 2.75) is 0 Å². The number of hydrogen-bond acceptors (Lipinski definition) is 5. The van der Waals surface area contributed by atoms with Gasteiger partial charge in [0.15, 0.2) is 18.1 Å². The Morgan fingerprint density at radius 3 is 2.33 bits per heavy atom. The molecule has 1 amide bonds. The number of esters is 1. The van der Waals surface area contributed by atoms with Gasteiger partial charge in [-0.1, -0.05) is 18.2 Å². The van der Waals surface area contributed by atoms with Gasteiger partial charge in [-0.2, -0.15) is 0 Å². The van der Waals surface area contributed by atoms with Gasteiger partial charge >= 0.3 is 5.97 Å². The van der Waals surface area contributed by atoms with E-state index in [2.05, 4.69) is 4.74 Å². The summed E-state index contributed by atoms with van der Waals surface area (Å²) in [7, 11) is 4.44. The lowest BCUT2D eigenvalue weighted by atomic mass is 10.2. The van der Waals surface area contributed by atoms with Crippen molar-refractivity contribution in [3.8, 4) is 11.5 Å². The number of nitrogens with zero attached hydrogens (tertiary/aromatic N) is 1. The fourth-order valence-electron chi connectivity index (χ4n) is 2.06. The zero-order valence-electron chi connectivity index (χ0n) is 13.8. The number of hydrogen-bond donors (Lipinski definition) is 0. The molecule has 0 bridgehead atoms. The van der Waals surface area contributed by atoms with E-state index in [0.717, 1.165) is 5.69 Å². The predicted molar refractivity (Wildman–Crippen MR) is 89.7 cm³/mol. The van der Waals surface area contributed by atoms with Gasteiger partial charge in [0.25, 0.3) is 5.91 Å². The maximum Gasteiger partial charge on any atom is 0.337 e. The molecular formula is C18H19NO5. The maximum absolute atomic E-state index is 12.2. The second kappa shape index (κ2) is 8.01. The molecular weight excluding hydrogens is 310 g/mol. The molecule has 2 aromatic carbocycles. The van der Waals surface area contributed by atoms with Gasteiger partial charge in [-0.05, 0) is 30.3 Å². The lowest BCUT2D eigenvalue weighted by molar-refractivity contribution is -0.120. The predicted octanol–water partition coefficient (Wildman–Crippen LogP) is 2.52. The van der Waals surface area contributed by atoms with Crippen molar-refractivity contribution in [1.82, 2.24) is 0 Å². The molecule has 126 valence electrons. The van der Waals surface area contributed by atoms with Crippen LogP contribution in [0.2, 0.25) is 0 Å². The summed E-state index contributed by atoms with van der Waals surface area (Å²) in [5.74, 6) is 0.0491. The van der Waals surface area contributed by atoms with Gasteiger partial charge in [0.2, 0.25) is 0 Å². The highest BCUT2D eigenvalue weighted by molar-refractivity contribution is 5.94. The largest absolute Gasteiger partial charge is 0.493 e. The number of para-hydroxylation sites is 1. The molecule has 0 aromatic heterocycles. The van der Waals surface area contributed by atoms with Crippen molar-refractivity contribution in [1.29, 1.82) is 0 Å². The first-order valence-electron chi connectivity index (χ1n) is 7.27. The van der Waals surface area contributed by atoms with Gasteiger partial charge < -0.3 is 19.1 Å². The molecule has 2 aromatic rings. The van der Waals surface area contributed by atoms with E-state index in [0.29, 0.717) is 17.1 Å². The Morgan fingerprint density at radius 1 is 1.00 bits per heavy atom. The summed E-state index contributed by atoms with van der Waals surface area (Å²) >= 11 is 0. The highest BCUT2D eigenvalue weighted by Crippen LogP contribution is 2.28. The van der Waals surface area contributed by atoms with Crippen molar-refractivity contribution in [3.05, 3.63) is 54.1 Å². The zero-order chi connectivity index (χ0) is 17.5. The van der Waals surface area contributed by atoms with Crippen LogP contribution in [0.4, 0.5) is 5.69 Å². The minimum atomic E-state index is -0.472. The number of anilines is 1. The molecule has 2 rings (SSSR count). The van der Waals surface area contributed by atoms with E-state index in [-0.39, 0.29) is 12.5 Å². The molecule has 0 aliphatic heterocycles. The molecule has 0 N–H and O–H groups in total. The van der Waals surface area contributed by atoms with Crippen LogP contribution >= 0.6 is 0 Å². The Balaban J connectivity index is 2.06. The third-order valence-corrected chi connectivity index (χ3v) is 3.45. The number of likely N-dealkylation sites (N-methyl/N-ethyl adjacent to an activating group) is 1. The molecule has 24 heavy (non-hydrogen) atoms. The fraction of sp³-hybridized carbons (Fsp3) is 0.222. The zero-order valence-corrected chi connectivity index (χ0v) is 13.8. The fourth-order valence-corrected chi connectivity index (χ4v) is 2.06. The van der Waals surface area contributed by atoms with Gasteiger partial charge in [-0.3, -0.25) is 4.79 Å². The Labute approximate surface area is 140 Å². The van der Waals surface area contributed by atoms with E-state index in [1.807, 2.05) is 30.3 Å². The van der Waals surface area contributed by atoms with E-state index < -0.39 is 5.97 Å². The molecule has 0 saturated heterocycles. The van der Waals surface area contributed by atoms with Crippen LogP contribution in [-0.2, 0) is 9.53 Å². The normalized spacial score (nSPS) is 9.96. The summed E-state index contributed by atoms with van der Waals surface area (Å²) in [4.78, 5) is 25.3. The average molecular weight is 329 g/mol. The number of rotatable bonds is 6. The monoisotopic (exact) mass is 329 g/mol. The number of amides is 1. The molecule has 0 aliphatic carbocycles. The van der Waals surface area contributed by atoms with Crippen LogP contribution in [0.1, 0.15) is 10.4 Å². The summed E-state index contributed by atoms with van der Waals surface area (Å²) in [6.45, 7) is -0.153. The van der Waals surface area contributed by atoms with Crippen LogP contribution in [0.15, 0.2) is 48.5 Å². The third kappa shape index (κ3) is 4.04. The standard InChI is InChI=1S/C18H19NO5/c1-19(14-7-5-4-6-8-14)17(20)12-24-15-10-9-13(18(21)23-3)11-16(15)22-2/h4-11H,12H2,1-3H3. The molecule has 0 radical (unpaired) electrons. The van der Waals surface area contributed by atoms with E-state index in [4.69, 9.17) is 9.47 Å². The summed E-state index contributed by atoms with van der Waals surface area (Å²) in [5, 5.41) is 0. The quantitative estimate of drug-likeness (QED) is 0.762. The van der Waals surface area contributed by atoms with Crippen LogP contribution in [0.25, 0.3) is 0 Å². The molecule has 0 fully saturated rings. The molecule has 6 heteroatoms. The topological polar surface area (TPSA) is 65.1 Å². The van der Waals surface area contributed by atoms with Crippen molar-refractivity contribution in [2.24, 2.45) is 0 Å². The Bertz CT molecular complexity index is 715. The average Bonchev–Trinajstić information content (AvgIpc) is 2.65. The maximum atomic E-state index is 12.2. The van der Waals surface area contributed by atoms with E-state index >= 15 is 0 Å². The first-order chi connectivity index (χ1) is 11.6. The Hall–Kier alpha value is -3.02. The molecule has 0 atom stereocenters. The molecule has 6 nitrogen and oxygen atoms in total. The van der Waals surface area contributed by atoms with Gasteiger partial charge in [-0.25, -0.2) is 4.79 Å². The third-order valence-electron chi connectivity index (χ3n) is 3.45. The van der Waals surface area contributed by atoms with Crippen molar-refractivity contribution < 1.29 is 23.8 Å². The van der Waals surface area contributed by atoms with E-state index in [1.165, 1.54) is 25.2 Å². The van der Waals surface area contributed by atoms with E-state index in [1.54, 1.807) is 19.2 Å².